The summed E-state index contributed by atoms with van der Waals surface area (Å²) in [6.45, 7) is 0.337. The summed E-state index contributed by atoms with van der Waals surface area (Å²) in [4.78, 5) is 14.8. The molecule has 3 rings (SSSR count). The zero-order valence-corrected chi connectivity index (χ0v) is 16.9. The van der Waals surface area contributed by atoms with Gasteiger partial charge in [0.15, 0.2) is 16.4 Å². The van der Waals surface area contributed by atoms with Gasteiger partial charge in [0, 0.05) is 23.0 Å². The Kier molecular flexibility index (Phi) is 6.12. The van der Waals surface area contributed by atoms with Crippen LogP contribution in [0.2, 0.25) is 10.0 Å². The Hall–Kier alpha value is -1.28. The fraction of sp³-hybridized carbons (Fsp3) is 0.353. The van der Waals surface area contributed by atoms with Gasteiger partial charge in [-0.05, 0) is 36.1 Å². The van der Waals surface area contributed by atoms with Crippen LogP contribution in [0.1, 0.15) is 16.5 Å². The maximum Gasteiger partial charge on any atom is 0.260 e. The van der Waals surface area contributed by atoms with Crippen LogP contribution in [0.15, 0.2) is 35.7 Å². The molecule has 1 aliphatic heterocycles. The first-order valence-corrected chi connectivity index (χ1v) is 11.3. The van der Waals surface area contributed by atoms with E-state index in [0.29, 0.717) is 28.8 Å². The molecule has 1 unspecified atom stereocenters. The molecule has 0 aliphatic carbocycles. The van der Waals surface area contributed by atoms with Crippen molar-refractivity contribution in [1.82, 2.24) is 4.90 Å². The normalized spacial score (nSPS) is 19.8. The van der Waals surface area contributed by atoms with E-state index in [9.17, 15) is 13.2 Å². The largest absolute Gasteiger partial charge is 0.482 e. The van der Waals surface area contributed by atoms with Crippen LogP contribution in [-0.4, -0.2) is 44.7 Å². The number of rotatable bonds is 4. The van der Waals surface area contributed by atoms with Gasteiger partial charge in [0.1, 0.15) is 5.75 Å². The van der Waals surface area contributed by atoms with Gasteiger partial charge in [-0.2, -0.15) is 0 Å². The first kappa shape index (κ1) is 19.5. The molecule has 140 valence electrons. The quantitative estimate of drug-likeness (QED) is 0.734. The van der Waals surface area contributed by atoms with Gasteiger partial charge in [-0.25, -0.2) is 8.42 Å². The van der Waals surface area contributed by atoms with Gasteiger partial charge in [-0.15, -0.1) is 11.3 Å². The number of thiophene rings is 1. The smallest absolute Gasteiger partial charge is 0.260 e. The Bertz CT molecular complexity index is 884. The van der Waals surface area contributed by atoms with Crippen LogP contribution in [0.3, 0.4) is 0 Å². The number of benzene rings is 1. The number of carbonyl (C=O) groups is 1. The van der Waals surface area contributed by atoms with Crippen molar-refractivity contribution in [3.8, 4) is 5.75 Å². The minimum Gasteiger partial charge on any atom is -0.482 e. The van der Waals surface area contributed by atoms with Gasteiger partial charge in [-0.3, -0.25) is 4.79 Å². The fourth-order valence-electron chi connectivity index (χ4n) is 2.81. The van der Waals surface area contributed by atoms with Crippen LogP contribution < -0.4 is 4.74 Å². The van der Waals surface area contributed by atoms with Gasteiger partial charge in [0.05, 0.1) is 16.0 Å². The highest BCUT2D eigenvalue weighted by Gasteiger charge is 2.33. The molecule has 1 fully saturated rings. The summed E-state index contributed by atoms with van der Waals surface area (Å²) in [6.07, 6.45) is 0.385. The maximum atomic E-state index is 12.5. The Morgan fingerprint density at radius 3 is 2.77 bits per heavy atom. The third-order valence-corrected chi connectivity index (χ3v) is 7.97. The van der Waals surface area contributed by atoms with Gasteiger partial charge in [0.25, 0.3) is 5.91 Å². The molecule has 0 radical (unpaired) electrons. The lowest BCUT2D eigenvalue weighted by atomic mass is 10.2. The van der Waals surface area contributed by atoms with E-state index in [1.807, 2.05) is 17.5 Å². The topological polar surface area (TPSA) is 63.7 Å². The Labute approximate surface area is 166 Å². The average molecular weight is 434 g/mol. The van der Waals surface area contributed by atoms with Gasteiger partial charge < -0.3 is 9.64 Å². The first-order valence-electron chi connectivity index (χ1n) is 7.97. The number of hydrogen-bond donors (Lipinski definition) is 0. The summed E-state index contributed by atoms with van der Waals surface area (Å²) in [7, 11) is -3.29. The molecule has 2 heterocycles. The van der Waals surface area contributed by atoms with Gasteiger partial charge >= 0.3 is 0 Å². The maximum absolute atomic E-state index is 12.5. The van der Waals surface area contributed by atoms with Crippen LogP contribution in [-0.2, 0) is 14.6 Å². The molecule has 1 aromatic heterocycles. The lowest BCUT2D eigenvalue weighted by molar-refractivity contribution is -0.133. The molecule has 0 bridgehead atoms. The number of ether oxygens (including phenoxy) is 1. The summed E-state index contributed by atoms with van der Waals surface area (Å²) in [5.74, 6) is 0.0459. The molecule has 1 amide bonds. The van der Waals surface area contributed by atoms with E-state index < -0.39 is 15.1 Å². The Morgan fingerprint density at radius 2 is 2.08 bits per heavy atom. The van der Waals surface area contributed by atoms with E-state index >= 15 is 0 Å². The van der Waals surface area contributed by atoms with E-state index in [1.54, 1.807) is 12.1 Å². The number of sulfone groups is 1. The highest BCUT2D eigenvalue weighted by atomic mass is 35.5. The molecule has 0 spiro atoms. The van der Waals surface area contributed by atoms with Crippen molar-refractivity contribution in [2.45, 2.75) is 11.7 Å². The molecule has 1 aromatic carbocycles. The minimum atomic E-state index is -3.29. The van der Waals surface area contributed by atoms with Gasteiger partial charge in [0.2, 0.25) is 0 Å². The zero-order valence-electron chi connectivity index (χ0n) is 13.7. The summed E-state index contributed by atoms with van der Waals surface area (Å²) in [5, 5.41) is 2.11. The number of hydrogen-bond acceptors (Lipinski definition) is 5. The molecule has 2 aromatic rings. The predicted octanol–water partition coefficient (Wildman–Crippen LogP) is 3.82. The minimum absolute atomic E-state index is 0.0526. The molecule has 0 N–H and O–H groups in total. The average Bonchev–Trinajstić information content (AvgIpc) is 3.05. The molecule has 1 atom stereocenters. The fourth-order valence-corrected chi connectivity index (χ4v) is 6.28. The summed E-state index contributed by atoms with van der Waals surface area (Å²) in [6, 6.07) is 8.42. The predicted molar refractivity (Wildman–Crippen MR) is 104 cm³/mol. The molecular formula is C17H17Cl2NO4S2. The lowest BCUT2D eigenvalue weighted by Gasteiger charge is -2.20. The van der Waals surface area contributed by atoms with Crippen molar-refractivity contribution >= 4 is 50.3 Å². The molecule has 5 nitrogen and oxygen atoms in total. The van der Waals surface area contributed by atoms with Crippen LogP contribution in [0.5, 0.6) is 5.75 Å². The van der Waals surface area contributed by atoms with E-state index in [0.717, 1.165) is 4.88 Å². The highest BCUT2D eigenvalue weighted by molar-refractivity contribution is 7.91. The second kappa shape index (κ2) is 8.17. The van der Waals surface area contributed by atoms with Crippen LogP contribution in [0, 0.1) is 0 Å². The third kappa shape index (κ3) is 4.52. The first-order chi connectivity index (χ1) is 12.4. The number of carbonyl (C=O) groups excluding carboxylic acids is 1. The second-order valence-electron chi connectivity index (χ2n) is 5.90. The highest BCUT2D eigenvalue weighted by Crippen LogP contribution is 2.32. The van der Waals surface area contributed by atoms with Crippen molar-refractivity contribution < 1.29 is 17.9 Å². The van der Waals surface area contributed by atoms with Crippen LogP contribution >= 0.6 is 34.5 Å². The summed E-state index contributed by atoms with van der Waals surface area (Å²) < 4.78 is 30.5. The van der Waals surface area contributed by atoms with Crippen molar-refractivity contribution in [3.63, 3.8) is 0 Å². The number of amides is 1. The van der Waals surface area contributed by atoms with Crippen molar-refractivity contribution in [1.29, 1.82) is 0 Å². The molecule has 26 heavy (non-hydrogen) atoms. The van der Waals surface area contributed by atoms with Gasteiger partial charge in [-0.1, -0.05) is 29.3 Å². The van der Waals surface area contributed by atoms with E-state index in [-0.39, 0.29) is 24.8 Å². The zero-order chi connectivity index (χ0) is 18.7. The van der Waals surface area contributed by atoms with E-state index in [1.165, 1.54) is 22.3 Å². The number of halogens is 2. The van der Waals surface area contributed by atoms with Crippen molar-refractivity contribution in [2.24, 2.45) is 0 Å². The Morgan fingerprint density at radius 1 is 1.27 bits per heavy atom. The second-order valence-corrected chi connectivity index (χ2v) is 10.0. The summed E-state index contributed by atoms with van der Waals surface area (Å²) >= 11 is 13.3. The molecular weight excluding hydrogens is 417 g/mol. The summed E-state index contributed by atoms with van der Waals surface area (Å²) in [5.41, 5.74) is 0. The number of nitrogens with zero attached hydrogens (tertiary/aromatic N) is 1. The molecule has 1 aliphatic rings. The SMILES string of the molecule is O=C(COc1ccc(Cl)cc1Cl)N1CCC(c2cccs2)S(=O)(=O)CC1. The van der Waals surface area contributed by atoms with Crippen molar-refractivity contribution in [2.75, 3.05) is 25.4 Å². The lowest BCUT2D eigenvalue weighted by Crippen LogP contribution is -2.37. The monoisotopic (exact) mass is 433 g/mol. The molecule has 1 saturated heterocycles. The van der Waals surface area contributed by atoms with E-state index in [2.05, 4.69) is 0 Å². The standard InChI is InChI=1S/C17H17Cl2NO4S2/c18-12-3-4-14(13(19)10-12)24-11-17(21)20-6-5-16(15-2-1-8-25-15)26(22,23)9-7-20/h1-4,8,10,16H,5-7,9,11H2. The van der Waals surface area contributed by atoms with E-state index in [4.69, 9.17) is 27.9 Å². The van der Waals surface area contributed by atoms with Crippen molar-refractivity contribution in [3.05, 3.63) is 50.6 Å². The molecule has 0 saturated carbocycles. The molecule has 9 heteroatoms. The van der Waals surface area contributed by atoms with Crippen LogP contribution in [0.4, 0.5) is 0 Å². The third-order valence-electron chi connectivity index (χ3n) is 4.20. The Balaban J connectivity index is 1.64. The van der Waals surface area contributed by atoms with Crippen LogP contribution in [0.25, 0.3) is 0 Å².